The Morgan fingerprint density at radius 1 is 1.62 bits per heavy atom. The van der Waals surface area contributed by atoms with Crippen molar-refractivity contribution in [3.8, 4) is 0 Å². The van der Waals surface area contributed by atoms with E-state index in [1.54, 1.807) is 24.9 Å². The Hall–Kier alpha value is -1.01. The quantitative estimate of drug-likeness (QED) is 0.760. The van der Waals surface area contributed by atoms with E-state index >= 15 is 0 Å². The molecule has 0 unspecified atom stereocenters. The maximum atomic E-state index is 11.5. The van der Waals surface area contributed by atoms with Gasteiger partial charge in [0.2, 0.25) is 5.91 Å². The van der Waals surface area contributed by atoms with Crippen LogP contribution in [0.3, 0.4) is 0 Å². The lowest BCUT2D eigenvalue weighted by Crippen LogP contribution is -2.30. The molecule has 0 aliphatic carbocycles. The van der Waals surface area contributed by atoms with Gasteiger partial charge in [-0.1, -0.05) is 0 Å². The van der Waals surface area contributed by atoms with Crippen LogP contribution >= 0.6 is 23.1 Å². The predicted octanol–water partition coefficient (Wildman–Crippen LogP) is 1.99. The molecule has 0 aromatic carbocycles. The van der Waals surface area contributed by atoms with Gasteiger partial charge in [0, 0.05) is 7.05 Å². The standard InChI is InChI=1S/C10H11NO3S2/c1-3-14-9(13)7-4-6-10(16-7)15-5-8(12)11(6)2/h4H,3,5H2,1-2H3. The summed E-state index contributed by atoms with van der Waals surface area (Å²) in [5, 5.41) is 0. The number of amides is 1. The average Bonchev–Trinajstić information content (AvgIpc) is 2.69. The lowest BCUT2D eigenvalue weighted by Gasteiger charge is -2.21. The first kappa shape index (κ1) is 11.5. The third-order valence-electron chi connectivity index (χ3n) is 2.22. The number of thioether (sulfide) groups is 1. The maximum absolute atomic E-state index is 11.5. The zero-order chi connectivity index (χ0) is 11.7. The number of hydrogen-bond acceptors (Lipinski definition) is 5. The molecule has 1 aliphatic heterocycles. The predicted molar refractivity (Wildman–Crippen MR) is 64.4 cm³/mol. The zero-order valence-electron chi connectivity index (χ0n) is 8.98. The monoisotopic (exact) mass is 257 g/mol. The van der Waals surface area contributed by atoms with Gasteiger partial charge in [0.15, 0.2) is 0 Å². The maximum Gasteiger partial charge on any atom is 0.348 e. The molecule has 4 nitrogen and oxygen atoms in total. The number of hydrogen-bond donors (Lipinski definition) is 0. The number of anilines is 1. The van der Waals surface area contributed by atoms with E-state index in [0.717, 1.165) is 9.90 Å². The minimum Gasteiger partial charge on any atom is -0.462 e. The first-order valence-corrected chi connectivity index (χ1v) is 6.64. The third kappa shape index (κ3) is 1.94. The number of carbonyl (C=O) groups excluding carboxylic acids is 2. The van der Waals surface area contributed by atoms with Crippen LogP contribution in [0.1, 0.15) is 16.6 Å². The van der Waals surface area contributed by atoms with Crippen molar-refractivity contribution in [2.24, 2.45) is 0 Å². The first-order chi connectivity index (χ1) is 7.63. The van der Waals surface area contributed by atoms with E-state index in [0.29, 0.717) is 17.2 Å². The summed E-state index contributed by atoms with van der Waals surface area (Å²) in [6, 6.07) is 1.72. The average molecular weight is 257 g/mol. The minimum atomic E-state index is -0.316. The van der Waals surface area contributed by atoms with Crippen LogP contribution in [-0.2, 0) is 9.53 Å². The molecule has 0 atom stereocenters. The van der Waals surface area contributed by atoms with Gasteiger partial charge in [-0.3, -0.25) is 4.79 Å². The van der Waals surface area contributed by atoms with E-state index in [1.807, 2.05) is 0 Å². The Kier molecular flexibility index (Phi) is 3.20. The molecule has 0 bridgehead atoms. The number of esters is 1. The summed E-state index contributed by atoms with van der Waals surface area (Å²) in [5.74, 6) is 0.181. The topological polar surface area (TPSA) is 46.6 Å². The minimum absolute atomic E-state index is 0.0608. The van der Waals surface area contributed by atoms with E-state index in [4.69, 9.17) is 4.74 Å². The molecule has 6 heteroatoms. The molecule has 2 rings (SSSR count). The van der Waals surface area contributed by atoms with E-state index in [1.165, 1.54) is 23.1 Å². The molecule has 0 saturated heterocycles. The molecule has 0 fully saturated rings. The molecule has 0 N–H and O–H groups in total. The van der Waals surface area contributed by atoms with Gasteiger partial charge in [0.1, 0.15) is 4.88 Å². The molecule has 1 aliphatic rings. The van der Waals surface area contributed by atoms with Crippen molar-refractivity contribution >= 4 is 40.7 Å². The van der Waals surface area contributed by atoms with Crippen LogP contribution in [-0.4, -0.2) is 31.3 Å². The second kappa shape index (κ2) is 4.47. The molecule has 16 heavy (non-hydrogen) atoms. The number of carbonyl (C=O) groups is 2. The van der Waals surface area contributed by atoms with Gasteiger partial charge < -0.3 is 9.64 Å². The highest BCUT2D eigenvalue weighted by Gasteiger charge is 2.26. The van der Waals surface area contributed by atoms with E-state index < -0.39 is 0 Å². The van der Waals surface area contributed by atoms with E-state index in [2.05, 4.69) is 0 Å². The number of ether oxygens (including phenoxy) is 1. The van der Waals surface area contributed by atoms with Gasteiger partial charge in [-0.25, -0.2) is 4.79 Å². The van der Waals surface area contributed by atoms with Crippen molar-refractivity contribution in [3.05, 3.63) is 10.9 Å². The summed E-state index contributed by atoms with van der Waals surface area (Å²) in [4.78, 5) is 25.1. The molecular weight excluding hydrogens is 246 g/mol. The first-order valence-electron chi connectivity index (χ1n) is 4.83. The second-order valence-corrected chi connectivity index (χ2v) is 5.54. The van der Waals surface area contributed by atoms with Gasteiger partial charge in [-0.2, -0.15) is 0 Å². The number of thiophene rings is 1. The summed E-state index contributed by atoms with van der Waals surface area (Å²) >= 11 is 2.86. The van der Waals surface area contributed by atoms with Crippen molar-refractivity contribution in [1.29, 1.82) is 0 Å². The molecular formula is C10H11NO3S2. The fourth-order valence-corrected chi connectivity index (χ4v) is 3.65. The van der Waals surface area contributed by atoms with Crippen LogP contribution in [0, 0.1) is 0 Å². The summed E-state index contributed by atoms with van der Waals surface area (Å²) < 4.78 is 5.93. The lowest BCUT2D eigenvalue weighted by atomic mass is 10.4. The third-order valence-corrected chi connectivity index (χ3v) is 4.58. The Morgan fingerprint density at radius 2 is 2.38 bits per heavy atom. The SMILES string of the molecule is CCOC(=O)c1cc2c(s1)SCC(=O)N2C. The van der Waals surface area contributed by atoms with Crippen LogP contribution in [0.4, 0.5) is 5.69 Å². The molecule has 0 saturated carbocycles. The van der Waals surface area contributed by atoms with Crippen molar-refractivity contribution in [1.82, 2.24) is 0 Å². The van der Waals surface area contributed by atoms with Gasteiger partial charge in [-0.15, -0.1) is 23.1 Å². The summed E-state index contributed by atoms with van der Waals surface area (Å²) in [6.07, 6.45) is 0. The fraction of sp³-hybridized carbons (Fsp3) is 0.400. The molecule has 2 heterocycles. The van der Waals surface area contributed by atoms with Gasteiger partial charge in [0.05, 0.1) is 22.3 Å². The summed E-state index contributed by atoms with van der Waals surface area (Å²) in [7, 11) is 1.72. The Bertz CT molecular complexity index is 441. The summed E-state index contributed by atoms with van der Waals surface area (Å²) in [6.45, 7) is 2.14. The van der Waals surface area contributed by atoms with Crippen LogP contribution in [0.2, 0.25) is 0 Å². The zero-order valence-corrected chi connectivity index (χ0v) is 10.6. The van der Waals surface area contributed by atoms with Crippen molar-refractivity contribution in [2.75, 3.05) is 24.3 Å². The Balaban J connectivity index is 2.30. The van der Waals surface area contributed by atoms with E-state index in [-0.39, 0.29) is 11.9 Å². The largest absolute Gasteiger partial charge is 0.462 e. The van der Waals surface area contributed by atoms with Crippen LogP contribution in [0.25, 0.3) is 0 Å². The van der Waals surface area contributed by atoms with Crippen molar-refractivity contribution < 1.29 is 14.3 Å². The molecule has 1 aromatic heterocycles. The molecule has 1 amide bonds. The molecule has 86 valence electrons. The van der Waals surface area contributed by atoms with Crippen LogP contribution in [0.5, 0.6) is 0 Å². The fourth-order valence-electron chi connectivity index (χ4n) is 1.36. The van der Waals surface area contributed by atoms with E-state index in [9.17, 15) is 9.59 Å². The van der Waals surface area contributed by atoms with Gasteiger partial charge >= 0.3 is 5.97 Å². The Morgan fingerprint density at radius 3 is 3.06 bits per heavy atom. The molecule has 0 spiro atoms. The number of nitrogens with zero attached hydrogens (tertiary/aromatic N) is 1. The van der Waals surface area contributed by atoms with Crippen LogP contribution < -0.4 is 4.90 Å². The van der Waals surface area contributed by atoms with Gasteiger partial charge in [0.25, 0.3) is 0 Å². The second-order valence-electron chi connectivity index (χ2n) is 3.25. The summed E-state index contributed by atoms with van der Waals surface area (Å²) in [5.41, 5.74) is 0.814. The van der Waals surface area contributed by atoms with Crippen molar-refractivity contribution in [2.45, 2.75) is 11.1 Å². The smallest absolute Gasteiger partial charge is 0.348 e. The van der Waals surface area contributed by atoms with Crippen molar-refractivity contribution in [3.63, 3.8) is 0 Å². The normalized spacial score (nSPS) is 14.9. The molecule has 1 aromatic rings. The molecule has 0 radical (unpaired) electrons. The van der Waals surface area contributed by atoms with Gasteiger partial charge in [-0.05, 0) is 13.0 Å². The number of fused-ring (bicyclic) bond motifs is 1. The highest BCUT2D eigenvalue weighted by Crippen LogP contribution is 2.41. The number of rotatable bonds is 2. The Labute approximate surface area is 102 Å². The van der Waals surface area contributed by atoms with Crippen LogP contribution in [0.15, 0.2) is 10.3 Å². The highest BCUT2D eigenvalue weighted by atomic mass is 32.2. The lowest BCUT2D eigenvalue weighted by molar-refractivity contribution is -0.116. The highest BCUT2D eigenvalue weighted by molar-refractivity contribution is 8.02.